The highest BCUT2D eigenvalue weighted by Crippen LogP contribution is 2.42. The molecule has 0 aliphatic heterocycles. The first-order valence-corrected chi connectivity index (χ1v) is 5.08. The maximum atomic E-state index is 8.94. The normalized spacial score (nSPS) is 18.8. The Bertz CT molecular complexity index is 315. The van der Waals surface area contributed by atoms with Gasteiger partial charge in [0.2, 0.25) is 0 Å². The van der Waals surface area contributed by atoms with Crippen LogP contribution in [0, 0.1) is 0 Å². The second kappa shape index (κ2) is 3.41. The minimum Gasteiger partial charge on any atom is -0.423 e. The fourth-order valence-corrected chi connectivity index (χ4v) is 2.05. The van der Waals surface area contributed by atoms with E-state index >= 15 is 0 Å². The van der Waals surface area contributed by atoms with E-state index in [0.717, 1.165) is 0 Å². The van der Waals surface area contributed by atoms with Crippen LogP contribution in [0.2, 0.25) is 0 Å². The summed E-state index contributed by atoms with van der Waals surface area (Å²) in [4.78, 5) is 0. The highest BCUT2D eigenvalue weighted by atomic mass is 16.4. The SMILES string of the molecule is CC1(c2ccc(B(O)O)cc2)CCC1. The summed E-state index contributed by atoms with van der Waals surface area (Å²) in [5.74, 6) is 0. The molecular formula is C11H15BO2. The summed E-state index contributed by atoms with van der Waals surface area (Å²) in [6.07, 6.45) is 3.79. The molecule has 2 N–H and O–H groups in total. The van der Waals surface area contributed by atoms with Crippen molar-refractivity contribution in [1.82, 2.24) is 0 Å². The Morgan fingerprint density at radius 1 is 1.14 bits per heavy atom. The predicted octanol–water partition coefficient (Wildman–Crippen LogP) is 0.808. The van der Waals surface area contributed by atoms with E-state index in [1.165, 1.54) is 24.8 Å². The maximum Gasteiger partial charge on any atom is 0.488 e. The molecule has 1 aromatic rings. The zero-order chi connectivity index (χ0) is 10.2. The largest absolute Gasteiger partial charge is 0.488 e. The van der Waals surface area contributed by atoms with Gasteiger partial charge in [0.05, 0.1) is 0 Å². The Morgan fingerprint density at radius 3 is 2.07 bits per heavy atom. The zero-order valence-corrected chi connectivity index (χ0v) is 8.40. The van der Waals surface area contributed by atoms with Crippen LogP contribution in [0.1, 0.15) is 31.7 Å². The summed E-state index contributed by atoms with van der Waals surface area (Å²) in [5, 5.41) is 17.9. The first kappa shape index (κ1) is 9.75. The molecule has 0 aromatic heterocycles. The number of rotatable bonds is 2. The highest BCUT2D eigenvalue weighted by molar-refractivity contribution is 6.58. The molecule has 0 atom stereocenters. The van der Waals surface area contributed by atoms with Gasteiger partial charge in [-0.25, -0.2) is 0 Å². The second-order valence-corrected chi connectivity index (χ2v) is 4.41. The van der Waals surface area contributed by atoms with Crippen molar-refractivity contribution in [3.05, 3.63) is 29.8 Å². The Labute approximate surface area is 84.7 Å². The summed E-state index contributed by atoms with van der Waals surface area (Å²) in [5.41, 5.74) is 2.21. The van der Waals surface area contributed by atoms with Gasteiger partial charge in [-0.05, 0) is 29.3 Å². The fourth-order valence-electron chi connectivity index (χ4n) is 2.05. The van der Waals surface area contributed by atoms with E-state index in [9.17, 15) is 0 Å². The Hall–Kier alpha value is -0.795. The minimum absolute atomic E-state index is 0.332. The van der Waals surface area contributed by atoms with Gasteiger partial charge in [-0.3, -0.25) is 0 Å². The van der Waals surface area contributed by atoms with Crippen molar-refractivity contribution in [1.29, 1.82) is 0 Å². The molecule has 1 aliphatic carbocycles. The molecule has 1 fully saturated rings. The van der Waals surface area contributed by atoms with Gasteiger partial charge in [0, 0.05) is 0 Å². The molecular weight excluding hydrogens is 175 g/mol. The number of benzene rings is 1. The van der Waals surface area contributed by atoms with E-state index in [4.69, 9.17) is 10.0 Å². The molecule has 0 heterocycles. The molecule has 3 heteroatoms. The standard InChI is InChI=1S/C11H15BO2/c1-11(7-2-8-11)9-3-5-10(6-4-9)12(13)14/h3-6,13-14H,2,7-8H2,1H3. The average Bonchev–Trinajstić information content (AvgIpc) is 2.14. The van der Waals surface area contributed by atoms with Gasteiger partial charge in [0.25, 0.3) is 0 Å². The van der Waals surface area contributed by atoms with Crippen LogP contribution in [0.15, 0.2) is 24.3 Å². The Balaban J connectivity index is 2.21. The molecule has 14 heavy (non-hydrogen) atoms. The molecule has 1 aliphatic rings. The van der Waals surface area contributed by atoms with Gasteiger partial charge >= 0.3 is 7.12 Å². The lowest BCUT2D eigenvalue weighted by molar-refractivity contribution is 0.272. The molecule has 1 saturated carbocycles. The lowest BCUT2D eigenvalue weighted by Gasteiger charge is -2.39. The summed E-state index contributed by atoms with van der Waals surface area (Å²) < 4.78 is 0. The first-order chi connectivity index (χ1) is 6.62. The first-order valence-electron chi connectivity index (χ1n) is 5.08. The number of hydrogen-bond donors (Lipinski definition) is 2. The number of hydrogen-bond acceptors (Lipinski definition) is 2. The third-order valence-electron chi connectivity index (χ3n) is 3.36. The molecule has 0 saturated heterocycles. The molecule has 0 unspecified atom stereocenters. The molecule has 2 rings (SSSR count). The summed E-state index contributed by atoms with van der Waals surface area (Å²) >= 11 is 0. The average molecular weight is 190 g/mol. The lowest BCUT2D eigenvalue weighted by atomic mass is 9.65. The molecule has 0 amide bonds. The Kier molecular flexibility index (Phi) is 2.37. The van der Waals surface area contributed by atoms with E-state index in [1.54, 1.807) is 12.1 Å². The maximum absolute atomic E-state index is 8.94. The monoisotopic (exact) mass is 190 g/mol. The van der Waals surface area contributed by atoms with Crippen LogP contribution < -0.4 is 5.46 Å². The van der Waals surface area contributed by atoms with E-state index in [1.807, 2.05) is 12.1 Å². The van der Waals surface area contributed by atoms with Crippen LogP contribution in [0.3, 0.4) is 0 Å². The summed E-state index contributed by atoms with van der Waals surface area (Å²) in [6.45, 7) is 2.26. The van der Waals surface area contributed by atoms with Gasteiger partial charge in [0.15, 0.2) is 0 Å². The molecule has 1 aromatic carbocycles. The van der Waals surface area contributed by atoms with Gasteiger partial charge in [-0.1, -0.05) is 37.6 Å². The van der Waals surface area contributed by atoms with Crippen LogP contribution in [0.25, 0.3) is 0 Å². The predicted molar refractivity (Wildman–Crippen MR) is 57.5 cm³/mol. The van der Waals surface area contributed by atoms with E-state index in [-0.39, 0.29) is 0 Å². The van der Waals surface area contributed by atoms with Crippen LogP contribution in [0.5, 0.6) is 0 Å². The van der Waals surface area contributed by atoms with Gasteiger partial charge in [0.1, 0.15) is 0 Å². The van der Waals surface area contributed by atoms with E-state index in [0.29, 0.717) is 10.9 Å². The van der Waals surface area contributed by atoms with Crippen molar-refractivity contribution < 1.29 is 10.0 Å². The smallest absolute Gasteiger partial charge is 0.423 e. The zero-order valence-electron chi connectivity index (χ0n) is 8.40. The quantitative estimate of drug-likeness (QED) is 0.677. The van der Waals surface area contributed by atoms with Gasteiger partial charge < -0.3 is 10.0 Å². The van der Waals surface area contributed by atoms with Crippen LogP contribution in [0.4, 0.5) is 0 Å². The molecule has 2 nitrogen and oxygen atoms in total. The Morgan fingerprint density at radius 2 is 1.71 bits per heavy atom. The second-order valence-electron chi connectivity index (χ2n) is 4.41. The van der Waals surface area contributed by atoms with Crippen molar-refractivity contribution in [2.75, 3.05) is 0 Å². The van der Waals surface area contributed by atoms with E-state index in [2.05, 4.69) is 6.92 Å². The molecule has 0 bridgehead atoms. The minimum atomic E-state index is -1.35. The van der Waals surface area contributed by atoms with Gasteiger partial charge in [-0.15, -0.1) is 0 Å². The van der Waals surface area contributed by atoms with Crippen molar-refractivity contribution in [2.24, 2.45) is 0 Å². The summed E-state index contributed by atoms with van der Waals surface area (Å²) in [7, 11) is -1.35. The van der Waals surface area contributed by atoms with Crippen LogP contribution in [-0.2, 0) is 5.41 Å². The van der Waals surface area contributed by atoms with Gasteiger partial charge in [-0.2, -0.15) is 0 Å². The highest BCUT2D eigenvalue weighted by Gasteiger charge is 2.33. The third kappa shape index (κ3) is 1.58. The van der Waals surface area contributed by atoms with Crippen molar-refractivity contribution in [2.45, 2.75) is 31.6 Å². The van der Waals surface area contributed by atoms with Crippen molar-refractivity contribution >= 4 is 12.6 Å². The summed E-state index contributed by atoms with van der Waals surface area (Å²) in [6, 6.07) is 7.61. The third-order valence-corrected chi connectivity index (χ3v) is 3.36. The molecule has 0 spiro atoms. The van der Waals surface area contributed by atoms with E-state index < -0.39 is 7.12 Å². The molecule has 0 radical (unpaired) electrons. The van der Waals surface area contributed by atoms with Crippen LogP contribution >= 0.6 is 0 Å². The van der Waals surface area contributed by atoms with Crippen molar-refractivity contribution in [3.8, 4) is 0 Å². The topological polar surface area (TPSA) is 40.5 Å². The van der Waals surface area contributed by atoms with Crippen LogP contribution in [-0.4, -0.2) is 17.2 Å². The fraction of sp³-hybridized carbons (Fsp3) is 0.455. The van der Waals surface area contributed by atoms with Crippen molar-refractivity contribution in [3.63, 3.8) is 0 Å². The lowest BCUT2D eigenvalue weighted by Crippen LogP contribution is -2.33. The molecule has 74 valence electrons.